The number of aryl methyl sites for hydroxylation is 1. The molecule has 1 fully saturated rings. The number of thiazole rings is 1. The number of carbonyl (C=O) groups excluding carboxylic acids is 2. The number of fused-ring (bicyclic) bond motifs is 1. The maximum absolute atomic E-state index is 13.6. The normalized spacial score (nSPS) is 16.6. The lowest BCUT2D eigenvalue weighted by atomic mass is 9.95. The summed E-state index contributed by atoms with van der Waals surface area (Å²) in [6, 6.07) is 15.1. The van der Waals surface area contributed by atoms with E-state index in [1.807, 2.05) is 32.0 Å². The second-order valence-corrected chi connectivity index (χ2v) is 11.3. The van der Waals surface area contributed by atoms with Crippen LogP contribution in [0.5, 0.6) is 11.5 Å². The highest BCUT2D eigenvalue weighted by molar-refractivity contribution is 7.22. The topological polar surface area (TPSA) is 89.0 Å². The Balaban J connectivity index is 1.67. The van der Waals surface area contributed by atoms with Crippen molar-refractivity contribution >= 4 is 44.1 Å². The van der Waals surface area contributed by atoms with Crippen molar-refractivity contribution in [2.24, 2.45) is 5.92 Å². The van der Waals surface area contributed by atoms with Crippen molar-refractivity contribution in [2.75, 3.05) is 18.1 Å². The van der Waals surface area contributed by atoms with E-state index in [0.29, 0.717) is 46.8 Å². The van der Waals surface area contributed by atoms with E-state index < -0.39 is 29.3 Å². The zero-order valence-corrected chi connectivity index (χ0v) is 24.1. The van der Waals surface area contributed by atoms with Crippen LogP contribution in [0.4, 0.5) is 9.52 Å². The summed E-state index contributed by atoms with van der Waals surface area (Å²) in [5.41, 5.74) is 2.36. The number of rotatable bonds is 9. The van der Waals surface area contributed by atoms with Crippen LogP contribution in [-0.4, -0.2) is 35.0 Å². The molecule has 1 amide bonds. The molecule has 1 aliphatic rings. The number of nitrogens with zero attached hydrogens (tertiary/aromatic N) is 2. The number of halogens is 1. The zero-order chi connectivity index (χ0) is 29.3. The molecule has 0 spiro atoms. The van der Waals surface area contributed by atoms with Gasteiger partial charge in [-0.1, -0.05) is 37.3 Å². The van der Waals surface area contributed by atoms with E-state index in [1.54, 1.807) is 18.2 Å². The summed E-state index contributed by atoms with van der Waals surface area (Å²) in [4.78, 5) is 33.1. The number of aliphatic hydroxyl groups excluding tert-OH is 1. The second kappa shape index (κ2) is 11.7. The Labute approximate surface area is 241 Å². The van der Waals surface area contributed by atoms with Crippen molar-refractivity contribution in [2.45, 2.75) is 40.2 Å². The van der Waals surface area contributed by atoms with Crippen LogP contribution in [0.3, 0.4) is 0 Å². The van der Waals surface area contributed by atoms with Gasteiger partial charge in [0.1, 0.15) is 11.6 Å². The molecule has 41 heavy (non-hydrogen) atoms. The lowest BCUT2D eigenvalue weighted by Crippen LogP contribution is -2.29. The van der Waals surface area contributed by atoms with Gasteiger partial charge in [0.05, 0.1) is 35.0 Å². The van der Waals surface area contributed by atoms with Gasteiger partial charge in [0.2, 0.25) is 0 Å². The van der Waals surface area contributed by atoms with Crippen LogP contribution in [0.2, 0.25) is 0 Å². The number of aromatic nitrogens is 1. The molecule has 1 atom stereocenters. The standard InChI is InChI=1S/C32H31FN2O5S/c1-5-39-25-17-21(9-13-24(25)40-15-14-18(2)3)28-27(29(36)20-7-10-22(33)11-8-20)30(37)31(38)35(28)32-34-23-12-6-19(4)16-26(23)41-32/h6-13,16-18,28,36H,5,14-15H2,1-4H3/b29-27+. The number of hydrogen-bond acceptors (Lipinski definition) is 7. The predicted molar refractivity (Wildman–Crippen MR) is 158 cm³/mol. The molecule has 5 rings (SSSR count). The number of benzene rings is 3. The molecule has 0 radical (unpaired) electrons. The lowest BCUT2D eigenvalue weighted by molar-refractivity contribution is -0.132. The molecule has 1 aromatic heterocycles. The van der Waals surface area contributed by atoms with Crippen molar-refractivity contribution in [3.8, 4) is 11.5 Å². The first-order valence-corrected chi connectivity index (χ1v) is 14.3. The first-order chi connectivity index (χ1) is 19.7. The van der Waals surface area contributed by atoms with E-state index in [9.17, 15) is 19.1 Å². The molecule has 0 saturated carbocycles. The molecule has 1 saturated heterocycles. The average Bonchev–Trinajstić information content (AvgIpc) is 3.47. The number of carbonyl (C=O) groups is 2. The predicted octanol–water partition coefficient (Wildman–Crippen LogP) is 7.19. The SMILES string of the molecule is CCOc1cc(C2/C(=C(\O)c3ccc(F)cc3)C(=O)C(=O)N2c2nc3ccc(C)cc3s2)ccc1OCCC(C)C. The van der Waals surface area contributed by atoms with Gasteiger partial charge in [-0.3, -0.25) is 14.5 Å². The molecule has 0 bridgehead atoms. The summed E-state index contributed by atoms with van der Waals surface area (Å²) >= 11 is 1.29. The van der Waals surface area contributed by atoms with E-state index in [1.165, 1.54) is 40.5 Å². The molecule has 0 aliphatic carbocycles. The summed E-state index contributed by atoms with van der Waals surface area (Å²) in [5, 5.41) is 11.7. The largest absolute Gasteiger partial charge is 0.507 e. The minimum absolute atomic E-state index is 0.118. The number of Topliss-reactive ketones (excluding diaryl/α,β-unsaturated/α-hetero) is 1. The number of aliphatic hydroxyl groups is 1. The van der Waals surface area contributed by atoms with Crippen molar-refractivity contribution in [1.29, 1.82) is 0 Å². The van der Waals surface area contributed by atoms with Gasteiger partial charge in [-0.25, -0.2) is 9.37 Å². The highest BCUT2D eigenvalue weighted by Gasteiger charge is 2.48. The second-order valence-electron chi connectivity index (χ2n) is 10.3. The first kappa shape index (κ1) is 28.3. The monoisotopic (exact) mass is 574 g/mol. The maximum atomic E-state index is 13.6. The number of ether oxygens (including phenoxy) is 2. The van der Waals surface area contributed by atoms with Gasteiger partial charge in [-0.15, -0.1) is 0 Å². The third-order valence-corrected chi connectivity index (χ3v) is 7.85. The fourth-order valence-corrected chi connectivity index (χ4v) is 5.81. The third kappa shape index (κ3) is 5.67. The third-order valence-electron chi connectivity index (χ3n) is 6.84. The molecular weight excluding hydrogens is 543 g/mol. The number of hydrogen-bond donors (Lipinski definition) is 1. The van der Waals surface area contributed by atoms with E-state index in [2.05, 4.69) is 18.8 Å². The molecule has 1 unspecified atom stereocenters. The fraction of sp³-hybridized carbons (Fsp3) is 0.281. The zero-order valence-electron chi connectivity index (χ0n) is 23.3. The molecule has 1 N–H and O–H groups in total. The Hall–Kier alpha value is -4.24. The number of amides is 1. The van der Waals surface area contributed by atoms with E-state index in [4.69, 9.17) is 9.47 Å². The quantitative estimate of drug-likeness (QED) is 0.129. The summed E-state index contributed by atoms with van der Waals surface area (Å²) < 4.78 is 26.4. The number of ketones is 1. The molecule has 212 valence electrons. The van der Waals surface area contributed by atoms with Crippen LogP contribution < -0.4 is 14.4 Å². The smallest absolute Gasteiger partial charge is 0.301 e. The van der Waals surface area contributed by atoms with Crippen molar-refractivity contribution < 1.29 is 28.6 Å². The van der Waals surface area contributed by atoms with Gasteiger partial charge in [0, 0.05) is 5.56 Å². The Bertz CT molecular complexity index is 1640. The fourth-order valence-electron chi connectivity index (χ4n) is 4.72. The van der Waals surface area contributed by atoms with Gasteiger partial charge >= 0.3 is 5.91 Å². The van der Waals surface area contributed by atoms with Crippen LogP contribution in [0.1, 0.15) is 49.9 Å². The van der Waals surface area contributed by atoms with Crippen LogP contribution in [0, 0.1) is 18.7 Å². The van der Waals surface area contributed by atoms with E-state index in [0.717, 1.165) is 16.7 Å². The minimum atomic E-state index is -1.01. The Morgan fingerprint density at radius 1 is 1.05 bits per heavy atom. The summed E-state index contributed by atoms with van der Waals surface area (Å²) in [6.45, 7) is 8.93. The Kier molecular flexibility index (Phi) is 8.08. The molecule has 7 nitrogen and oxygen atoms in total. The average molecular weight is 575 g/mol. The maximum Gasteiger partial charge on any atom is 0.301 e. The highest BCUT2D eigenvalue weighted by Crippen LogP contribution is 2.46. The van der Waals surface area contributed by atoms with Crippen LogP contribution in [0.15, 0.2) is 66.2 Å². The molecule has 1 aliphatic heterocycles. The Morgan fingerprint density at radius 2 is 1.80 bits per heavy atom. The molecule has 2 heterocycles. The van der Waals surface area contributed by atoms with Crippen molar-refractivity contribution in [3.05, 3.63) is 88.7 Å². The highest BCUT2D eigenvalue weighted by atomic mass is 32.1. The van der Waals surface area contributed by atoms with Crippen LogP contribution in [-0.2, 0) is 9.59 Å². The van der Waals surface area contributed by atoms with Gasteiger partial charge in [0.15, 0.2) is 16.6 Å². The summed E-state index contributed by atoms with van der Waals surface area (Å²) in [6.07, 6.45) is 0.863. The minimum Gasteiger partial charge on any atom is -0.507 e. The van der Waals surface area contributed by atoms with Gasteiger partial charge in [0.25, 0.3) is 5.78 Å². The number of anilines is 1. The first-order valence-electron chi connectivity index (χ1n) is 13.5. The van der Waals surface area contributed by atoms with E-state index in [-0.39, 0.29) is 11.1 Å². The van der Waals surface area contributed by atoms with Gasteiger partial charge in [-0.2, -0.15) is 0 Å². The van der Waals surface area contributed by atoms with E-state index >= 15 is 0 Å². The van der Waals surface area contributed by atoms with Crippen LogP contribution in [0.25, 0.3) is 16.0 Å². The van der Waals surface area contributed by atoms with Gasteiger partial charge in [-0.05, 0) is 85.8 Å². The summed E-state index contributed by atoms with van der Waals surface area (Å²) in [5.74, 6) is -1.09. The van der Waals surface area contributed by atoms with Gasteiger partial charge < -0.3 is 14.6 Å². The van der Waals surface area contributed by atoms with Crippen LogP contribution >= 0.6 is 11.3 Å². The molecular formula is C32H31FN2O5S. The Morgan fingerprint density at radius 3 is 2.51 bits per heavy atom. The molecule has 9 heteroatoms. The molecule has 3 aromatic carbocycles. The molecule has 4 aromatic rings. The summed E-state index contributed by atoms with van der Waals surface area (Å²) in [7, 11) is 0. The van der Waals surface area contributed by atoms with Crippen molar-refractivity contribution in [3.63, 3.8) is 0 Å². The lowest BCUT2D eigenvalue weighted by Gasteiger charge is -2.24. The van der Waals surface area contributed by atoms with Crippen molar-refractivity contribution in [1.82, 2.24) is 4.98 Å².